The first-order valence-electron chi connectivity index (χ1n) is 7.27. The predicted molar refractivity (Wildman–Crippen MR) is 77.2 cm³/mol. The Morgan fingerprint density at radius 2 is 2.35 bits per heavy atom. The molecule has 1 aromatic heterocycles. The van der Waals surface area contributed by atoms with Crippen molar-refractivity contribution >= 4 is 5.91 Å². The van der Waals surface area contributed by atoms with E-state index in [9.17, 15) is 9.90 Å². The zero-order chi connectivity index (χ0) is 14.3. The molecule has 1 aliphatic rings. The molecule has 0 spiro atoms. The van der Waals surface area contributed by atoms with Crippen LogP contribution in [-0.2, 0) is 11.2 Å². The van der Waals surface area contributed by atoms with Crippen molar-refractivity contribution in [3.63, 3.8) is 0 Å². The molecule has 3 N–H and O–H groups in total. The number of aromatic nitrogens is 1. The van der Waals surface area contributed by atoms with Gasteiger partial charge in [-0.15, -0.1) is 0 Å². The van der Waals surface area contributed by atoms with Gasteiger partial charge < -0.3 is 15.7 Å². The van der Waals surface area contributed by atoms with Gasteiger partial charge in [0.15, 0.2) is 0 Å². The maximum absolute atomic E-state index is 11.8. The van der Waals surface area contributed by atoms with Crippen LogP contribution in [-0.4, -0.2) is 41.2 Å². The van der Waals surface area contributed by atoms with Crippen LogP contribution in [0.2, 0.25) is 0 Å². The van der Waals surface area contributed by atoms with Crippen LogP contribution in [0, 0.1) is 0 Å². The minimum absolute atomic E-state index is 0.0144. The Labute approximate surface area is 119 Å². The number of carbonyl (C=O) groups is 1. The molecule has 110 valence electrons. The molecule has 0 aliphatic carbocycles. The highest BCUT2D eigenvalue weighted by molar-refractivity contribution is 5.76. The molecule has 5 nitrogen and oxygen atoms in total. The topological polar surface area (TPSA) is 74.2 Å². The van der Waals surface area contributed by atoms with Crippen LogP contribution >= 0.6 is 0 Å². The van der Waals surface area contributed by atoms with Gasteiger partial charge in [0.1, 0.15) is 0 Å². The van der Waals surface area contributed by atoms with E-state index in [1.165, 1.54) is 0 Å². The number of aryl methyl sites for hydroxylation is 1. The third kappa shape index (κ3) is 4.90. The van der Waals surface area contributed by atoms with Crippen molar-refractivity contribution in [3.05, 3.63) is 30.1 Å². The molecule has 5 heteroatoms. The molecular formula is C15H23N3O2. The van der Waals surface area contributed by atoms with Gasteiger partial charge in [0, 0.05) is 25.4 Å². The van der Waals surface area contributed by atoms with E-state index in [2.05, 4.69) is 15.6 Å². The molecule has 1 aliphatic heterocycles. The SMILES string of the molecule is O=C(CCc1cccnc1)NCC1(O)CCCNCC1. The van der Waals surface area contributed by atoms with Crippen LogP contribution in [0.5, 0.6) is 0 Å². The molecule has 2 rings (SSSR count). The standard InChI is InChI=1S/C15H23N3O2/c19-14(5-4-13-3-1-8-17-11-13)18-12-15(20)6-2-9-16-10-7-15/h1,3,8,11,16,20H,2,4-7,9-10,12H2,(H,18,19). The van der Waals surface area contributed by atoms with Crippen molar-refractivity contribution < 1.29 is 9.90 Å². The summed E-state index contributed by atoms with van der Waals surface area (Å²) in [7, 11) is 0. The van der Waals surface area contributed by atoms with Crippen molar-refractivity contribution in [3.8, 4) is 0 Å². The Hall–Kier alpha value is -1.46. The zero-order valence-corrected chi connectivity index (χ0v) is 11.8. The van der Waals surface area contributed by atoms with E-state index >= 15 is 0 Å². The normalized spacial score (nSPS) is 23.1. The van der Waals surface area contributed by atoms with E-state index in [1.54, 1.807) is 12.4 Å². The van der Waals surface area contributed by atoms with E-state index in [1.807, 2.05) is 12.1 Å². The average molecular weight is 277 g/mol. The fourth-order valence-electron chi connectivity index (χ4n) is 2.45. The fraction of sp³-hybridized carbons (Fsp3) is 0.600. The highest BCUT2D eigenvalue weighted by Gasteiger charge is 2.28. The summed E-state index contributed by atoms with van der Waals surface area (Å²) in [4.78, 5) is 15.9. The van der Waals surface area contributed by atoms with Crippen molar-refractivity contribution in [1.29, 1.82) is 0 Å². The Balaban J connectivity index is 1.71. The molecule has 0 bridgehead atoms. The van der Waals surface area contributed by atoms with E-state index in [-0.39, 0.29) is 5.91 Å². The van der Waals surface area contributed by atoms with Crippen molar-refractivity contribution in [2.24, 2.45) is 0 Å². The second-order valence-electron chi connectivity index (χ2n) is 5.47. The van der Waals surface area contributed by atoms with Crippen LogP contribution < -0.4 is 10.6 Å². The van der Waals surface area contributed by atoms with Gasteiger partial charge in [0.2, 0.25) is 5.91 Å². The minimum Gasteiger partial charge on any atom is -0.388 e. The van der Waals surface area contributed by atoms with Gasteiger partial charge in [0.05, 0.1) is 5.60 Å². The number of rotatable bonds is 5. The Bertz CT molecular complexity index is 414. The van der Waals surface area contributed by atoms with Gasteiger partial charge in [-0.3, -0.25) is 9.78 Å². The number of nitrogens with zero attached hydrogens (tertiary/aromatic N) is 1. The van der Waals surface area contributed by atoms with Gasteiger partial charge in [-0.2, -0.15) is 0 Å². The molecule has 0 aromatic carbocycles. The quantitative estimate of drug-likeness (QED) is 0.738. The third-order valence-corrected chi connectivity index (χ3v) is 3.74. The largest absolute Gasteiger partial charge is 0.388 e. The molecule has 1 atom stereocenters. The number of carbonyl (C=O) groups excluding carboxylic acids is 1. The summed E-state index contributed by atoms with van der Waals surface area (Å²) >= 11 is 0. The fourth-order valence-corrected chi connectivity index (χ4v) is 2.45. The van der Waals surface area contributed by atoms with E-state index < -0.39 is 5.60 Å². The molecule has 1 saturated heterocycles. The summed E-state index contributed by atoms with van der Waals surface area (Å²) in [5, 5.41) is 16.5. The Kier molecular flexibility index (Phi) is 5.49. The molecule has 1 fully saturated rings. The lowest BCUT2D eigenvalue weighted by atomic mass is 9.95. The number of hydrogen-bond donors (Lipinski definition) is 3. The van der Waals surface area contributed by atoms with E-state index in [0.29, 0.717) is 25.8 Å². The summed E-state index contributed by atoms with van der Waals surface area (Å²) in [5.41, 5.74) is 0.299. The number of amides is 1. The van der Waals surface area contributed by atoms with Crippen molar-refractivity contribution in [1.82, 2.24) is 15.6 Å². The maximum atomic E-state index is 11.8. The molecular weight excluding hydrogens is 254 g/mol. The smallest absolute Gasteiger partial charge is 0.220 e. The Morgan fingerprint density at radius 3 is 3.15 bits per heavy atom. The van der Waals surface area contributed by atoms with Crippen LogP contribution in [0.25, 0.3) is 0 Å². The van der Waals surface area contributed by atoms with Crippen molar-refractivity contribution in [2.45, 2.75) is 37.7 Å². The average Bonchev–Trinajstić information content (AvgIpc) is 2.69. The lowest BCUT2D eigenvalue weighted by Gasteiger charge is -2.26. The summed E-state index contributed by atoms with van der Waals surface area (Å²) in [6.45, 7) is 2.10. The number of aliphatic hydroxyl groups is 1. The highest BCUT2D eigenvalue weighted by Crippen LogP contribution is 2.18. The zero-order valence-electron chi connectivity index (χ0n) is 11.8. The second kappa shape index (κ2) is 7.36. The maximum Gasteiger partial charge on any atom is 0.220 e. The van der Waals surface area contributed by atoms with E-state index in [0.717, 1.165) is 31.5 Å². The Morgan fingerprint density at radius 1 is 1.45 bits per heavy atom. The first-order valence-corrected chi connectivity index (χ1v) is 7.27. The van der Waals surface area contributed by atoms with Crippen LogP contribution in [0.15, 0.2) is 24.5 Å². The molecule has 1 amide bonds. The molecule has 1 aromatic rings. The van der Waals surface area contributed by atoms with Gasteiger partial charge in [-0.25, -0.2) is 0 Å². The van der Waals surface area contributed by atoms with Gasteiger partial charge in [0.25, 0.3) is 0 Å². The summed E-state index contributed by atoms with van der Waals surface area (Å²) in [6, 6.07) is 3.83. The van der Waals surface area contributed by atoms with Crippen molar-refractivity contribution in [2.75, 3.05) is 19.6 Å². The predicted octanol–water partition coefficient (Wildman–Crippen LogP) is 0.635. The highest BCUT2D eigenvalue weighted by atomic mass is 16.3. The monoisotopic (exact) mass is 277 g/mol. The van der Waals surface area contributed by atoms with Gasteiger partial charge in [-0.05, 0) is 50.4 Å². The van der Waals surface area contributed by atoms with Gasteiger partial charge >= 0.3 is 0 Å². The molecule has 0 radical (unpaired) electrons. The second-order valence-corrected chi connectivity index (χ2v) is 5.47. The molecule has 0 saturated carbocycles. The summed E-state index contributed by atoms with van der Waals surface area (Å²) in [5.74, 6) is -0.0144. The first kappa shape index (κ1) is 14.9. The summed E-state index contributed by atoms with van der Waals surface area (Å²) in [6.07, 6.45) is 6.98. The number of nitrogens with one attached hydrogen (secondary N) is 2. The first-order chi connectivity index (χ1) is 9.68. The lowest BCUT2D eigenvalue weighted by Crippen LogP contribution is -2.43. The van der Waals surface area contributed by atoms with Crippen LogP contribution in [0.1, 0.15) is 31.2 Å². The molecule has 20 heavy (non-hydrogen) atoms. The third-order valence-electron chi connectivity index (χ3n) is 3.74. The lowest BCUT2D eigenvalue weighted by molar-refractivity contribution is -0.122. The summed E-state index contributed by atoms with van der Waals surface area (Å²) < 4.78 is 0. The van der Waals surface area contributed by atoms with E-state index in [4.69, 9.17) is 0 Å². The number of pyridine rings is 1. The van der Waals surface area contributed by atoms with Crippen LogP contribution in [0.4, 0.5) is 0 Å². The molecule has 2 heterocycles. The molecule has 1 unspecified atom stereocenters. The van der Waals surface area contributed by atoms with Crippen LogP contribution in [0.3, 0.4) is 0 Å². The number of hydrogen-bond acceptors (Lipinski definition) is 4. The minimum atomic E-state index is -0.756. The van der Waals surface area contributed by atoms with Gasteiger partial charge in [-0.1, -0.05) is 6.07 Å².